The van der Waals surface area contributed by atoms with Crippen molar-refractivity contribution < 1.29 is 14.3 Å². The monoisotopic (exact) mass is 520 g/mol. The maximum atomic E-state index is 13.3. The maximum Gasteiger partial charge on any atom is 0.359 e. The van der Waals surface area contributed by atoms with Gasteiger partial charge in [-0.05, 0) is 66.3 Å². The third-order valence-electron chi connectivity index (χ3n) is 6.28. The molecule has 1 saturated carbocycles. The van der Waals surface area contributed by atoms with Crippen molar-refractivity contribution in [2.75, 3.05) is 6.61 Å². The summed E-state index contributed by atoms with van der Waals surface area (Å²) in [6, 6.07) is 14.7. The second-order valence-electron chi connectivity index (χ2n) is 8.61. The molecule has 1 aliphatic heterocycles. The number of allylic oxidation sites excluding steroid dienone is 1. The van der Waals surface area contributed by atoms with Gasteiger partial charge in [-0.3, -0.25) is 9.78 Å². The molecule has 2 atom stereocenters. The number of fused-ring (bicyclic) bond motifs is 1. The third-order valence-corrected chi connectivity index (χ3v) is 6.78. The van der Waals surface area contributed by atoms with Gasteiger partial charge in [0.1, 0.15) is 0 Å². The van der Waals surface area contributed by atoms with Gasteiger partial charge in [0, 0.05) is 28.4 Å². The number of amides is 1. The number of aromatic nitrogens is 2. The Morgan fingerprint density at radius 2 is 1.75 bits per heavy atom. The number of hydrogen-bond acceptors (Lipinski definition) is 6. The topological polar surface area (TPSA) is 84.8 Å². The molecule has 1 amide bonds. The van der Waals surface area contributed by atoms with Gasteiger partial charge in [-0.15, -0.1) is 0 Å². The number of benzene rings is 2. The molecule has 0 spiro atoms. The van der Waals surface area contributed by atoms with Gasteiger partial charge in [0.15, 0.2) is 12.3 Å². The highest BCUT2D eigenvalue weighted by Gasteiger charge is 2.43. The van der Waals surface area contributed by atoms with Crippen LogP contribution in [0.2, 0.25) is 10.0 Å². The summed E-state index contributed by atoms with van der Waals surface area (Å²) in [5.41, 5.74) is 3.94. The first-order valence-corrected chi connectivity index (χ1v) is 12.3. The lowest BCUT2D eigenvalue weighted by Gasteiger charge is -2.29. The van der Waals surface area contributed by atoms with E-state index < -0.39 is 18.5 Å². The SMILES string of the molecule is O=C(OCC(=O)N1N=C2C(=Cc3ccc(Cl)cc3)CCCC2C1c1ccc(Cl)cc1)c1cnccn1. The first kappa shape index (κ1) is 24.2. The molecule has 1 fully saturated rings. The first-order valence-electron chi connectivity index (χ1n) is 11.6. The van der Waals surface area contributed by atoms with E-state index in [4.69, 9.17) is 33.0 Å². The molecule has 0 bridgehead atoms. The van der Waals surface area contributed by atoms with Crippen molar-refractivity contribution >= 4 is 46.9 Å². The molecular formula is C27H22Cl2N4O3. The standard InChI is InChI=1S/C27H22Cl2N4O3/c28-20-8-4-17(5-9-20)14-19-2-1-3-22-25(19)32-33(26(22)18-6-10-21(29)11-7-18)24(34)16-36-27(35)23-15-30-12-13-31-23/h4-15,22,26H,1-3,16H2. The minimum atomic E-state index is -0.716. The van der Waals surface area contributed by atoms with E-state index in [0.29, 0.717) is 10.0 Å². The van der Waals surface area contributed by atoms with Crippen LogP contribution in [0.4, 0.5) is 0 Å². The van der Waals surface area contributed by atoms with Crippen LogP contribution in [0.5, 0.6) is 0 Å². The van der Waals surface area contributed by atoms with E-state index in [0.717, 1.165) is 41.7 Å². The third kappa shape index (κ3) is 5.17. The molecule has 1 aromatic heterocycles. The summed E-state index contributed by atoms with van der Waals surface area (Å²) in [5, 5.41) is 7.53. The summed E-state index contributed by atoms with van der Waals surface area (Å²) < 4.78 is 5.24. The van der Waals surface area contributed by atoms with Crippen LogP contribution >= 0.6 is 23.2 Å². The summed E-state index contributed by atoms with van der Waals surface area (Å²) in [6.07, 6.45) is 8.94. The largest absolute Gasteiger partial charge is 0.451 e. The highest BCUT2D eigenvalue weighted by atomic mass is 35.5. The van der Waals surface area contributed by atoms with E-state index in [1.807, 2.05) is 36.4 Å². The van der Waals surface area contributed by atoms with Crippen molar-refractivity contribution in [3.63, 3.8) is 0 Å². The molecule has 3 aromatic rings. The second kappa shape index (κ2) is 10.6. The Balaban J connectivity index is 1.44. The maximum absolute atomic E-state index is 13.3. The van der Waals surface area contributed by atoms with Crippen LogP contribution in [0.25, 0.3) is 6.08 Å². The first-order chi connectivity index (χ1) is 17.5. The fourth-order valence-electron chi connectivity index (χ4n) is 4.63. The van der Waals surface area contributed by atoms with Crippen LogP contribution < -0.4 is 0 Å². The van der Waals surface area contributed by atoms with E-state index in [1.165, 1.54) is 23.6 Å². The Kier molecular flexibility index (Phi) is 7.11. The molecule has 9 heteroatoms. The number of carbonyl (C=O) groups excluding carboxylic acids is 2. The molecule has 0 saturated heterocycles. The van der Waals surface area contributed by atoms with Crippen LogP contribution in [0.3, 0.4) is 0 Å². The van der Waals surface area contributed by atoms with Gasteiger partial charge in [0.25, 0.3) is 5.91 Å². The molecular weight excluding hydrogens is 499 g/mol. The molecule has 0 N–H and O–H groups in total. The molecule has 2 heterocycles. The zero-order chi connectivity index (χ0) is 25.1. The Morgan fingerprint density at radius 1 is 1.03 bits per heavy atom. The van der Waals surface area contributed by atoms with Crippen LogP contribution in [-0.4, -0.2) is 39.2 Å². The lowest BCUT2D eigenvalue weighted by molar-refractivity contribution is -0.137. The molecule has 5 rings (SSSR count). The van der Waals surface area contributed by atoms with Gasteiger partial charge in [0.05, 0.1) is 18.0 Å². The minimum absolute atomic E-state index is 0.0121. The molecule has 36 heavy (non-hydrogen) atoms. The van der Waals surface area contributed by atoms with Crippen LogP contribution in [-0.2, 0) is 9.53 Å². The number of carbonyl (C=O) groups is 2. The van der Waals surface area contributed by atoms with Crippen molar-refractivity contribution in [2.45, 2.75) is 25.3 Å². The second-order valence-corrected chi connectivity index (χ2v) is 9.48. The lowest BCUT2D eigenvalue weighted by atomic mass is 9.77. The Bertz CT molecular complexity index is 1330. The van der Waals surface area contributed by atoms with Gasteiger partial charge in [-0.25, -0.2) is 14.8 Å². The normalized spacial score (nSPS) is 20.1. The predicted molar refractivity (Wildman–Crippen MR) is 138 cm³/mol. The number of nitrogens with zero attached hydrogens (tertiary/aromatic N) is 4. The Labute approximate surface area is 218 Å². The van der Waals surface area contributed by atoms with Gasteiger partial charge in [-0.2, -0.15) is 5.10 Å². The molecule has 2 unspecified atom stereocenters. The average molecular weight is 521 g/mol. The van der Waals surface area contributed by atoms with Gasteiger partial charge in [0.2, 0.25) is 0 Å². The summed E-state index contributed by atoms with van der Waals surface area (Å²) in [6.45, 7) is -0.459. The molecule has 182 valence electrons. The fourth-order valence-corrected chi connectivity index (χ4v) is 4.88. The zero-order valence-electron chi connectivity index (χ0n) is 19.2. The Morgan fingerprint density at radius 3 is 2.44 bits per heavy atom. The molecule has 2 aliphatic rings. The van der Waals surface area contributed by atoms with E-state index in [2.05, 4.69) is 16.0 Å². The van der Waals surface area contributed by atoms with Gasteiger partial charge >= 0.3 is 5.97 Å². The quantitative estimate of drug-likeness (QED) is 0.399. The van der Waals surface area contributed by atoms with Crippen molar-refractivity contribution in [3.8, 4) is 0 Å². The summed E-state index contributed by atoms with van der Waals surface area (Å²) in [5.74, 6) is -1.12. The van der Waals surface area contributed by atoms with Crippen molar-refractivity contribution in [2.24, 2.45) is 11.0 Å². The lowest BCUT2D eigenvalue weighted by Crippen LogP contribution is -2.34. The van der Waals surface area contributed by atoms with Crippen LogP contribution in [0.15, 0.2) is 77.8 Å². The molecule has 2 aromatic carbocycles. The highest BCUT2D eigenvalue weighted by Crippen LogP contribution is 2.44. The molecule has 0 radical (unpaired) electrons. The van der Waals surface area contributed by atoms with E-state index >= 15 is 0 Å². The zero-order valence-corrected chi connectivity index (χ0v) is 20.7. The van der Waals surface area contributed by atoms with Crippen LogP contribution in [0.1, 0.15) is 46.9 Å². The van der Waals surface area contributed by atoms with Crippen molar-refractivity contribution in [1.82, 2.24) is 15.0 Å². The molecule has 7 nitrogen and oxygen atoms in total. The average Bonchev–Trinajstić information content (AvgIpc) is 3.30. The number of esters is 1. The smallest absolute Gasteiger partial charge is 0.359 e. The number of rotatable bonds is 5. The number of halogens is 2. The van der Waals surface area contributed by atoms with Crippen LogP contribution in [0, 0.1) is 5.92 Å². The van der Waals surface area contributed by atoms with Gasteiger partial charge in [-0.1, -0.05) is 47.5 Å². The number of hydrogen-bond donors (Lipinski definition) is 0. The number of ether oxygens (including phenoxy) is 1. The number of hydrazone groups is 1. The molecule has 1 aliphatic carbocycles. The fraction of sp³-hybridized carbons (Fsp3) is 0.222. The Hall–Kier alpha value is -3.55. The van der Waals surface area contributed by atoms with E-state index in [1.54, 1.807) is 12.1 Å². The summed E-state index contributed by atoms with van der Waals surface area (Å²) in [4.78, 5) is 33.4. The van der Waals surface area contributed by atoms with E-state index in [-0.39, 0.29) is 17.7 Å². The predicted octanol–water partition coefficient (Wildman–Crippen LogP) is 5.76. The van der Waals surface area contributed by atoms with Crippen molar-refractivity contribution in [1.29, 1.82) is 0 Å². The minimum Gasteiger partial charge on any atom is -0.451 e. The highest BCUT2D eigenvalue weighted by molar-refractivity contribution is 6.30. The van der Waals surface area contributed by atoms with E-state index in [9.17, 15) is 9.59 Å². The van der Waals surface area contributed by atoms with Crippen molar-refractivity contribution in [3.05, 3.63) is 99.6 Å². The summed E-state index contributed by atoms with van der Waals surface area (Å²) >= 11 is 12.2. The summed E-state index contributed by atoms with van der Waals surface area (Å²) in [7, 11) is 0. The van der Waals surface area contributed by atoms with Gasteiger partial charge < -0.3 is 4.74 Å².